The molecule has 0 bridgehead atoms. The molecular weight excluding hydrogens is 456 g/mol. The van der Waals surface area contributed by atoms with Crippen LogP contribution in [0.3, 0.4) is 0 Å². The molecule has 1 aromatic heterocycles. The van der Waals surface area contributed by atoms with Crippen LogP contribution in [0, 0.1) is 0 Å². The highest BCUT2D eigenvalue weighted by Gasteiger charge is 2.30. The van der Waals surface area contributed by atoms with E-state index in [0.29, 0.717) is 37.8 Å². The Kier molecular flexibility index (Phi) is 6.08. The molecule has 1 fully saturated rings. The van der Waals surface area contributed by atoms with Crippen LogP contribution in [0.15, 0.2) is 71.9 Å². The zero-order chi connectivity index (χ0) is 23.5. The zero-order valence-electron chi connectivity index (χ0n) is 18.4. The molecule has 2 aliphatic rings. The summed E-state index contributed by atoms with van der Waals surface area (Å²) in [5.74, 6) is 0.812. The fourth-order valence-electron chi connectivity index (χ4n) is 3.90. The normalized spacial score (nSPS) is 16.6. The lowest BCUT2D eigenvalue weighted by Crippen LogP contribution is -2.50. The van der Waals surface area contributed by atoms with Crippen molar-refractivity contribution in [3.63, 3.8) is 0 Å². The number of sulfonamides is 1. The van der Waals surface area contributed by atoms with Gasteiger partial charge in [0.05, 0.1) is 16.8 Å². The Morgan fingerprint density at radius 3 is 2.44 bits per heavy atom. The molecule has 0 atom stereocenters. The molecule has 0 radical (unpaired) electrons. The van der Waals surface area contributed by atoms with Gasteiger partial charge in [0, 0.05) is 50.1 Å². The second kappa shape index (κ2) is 9.32. The molecular formula is C24H24N4O5S. The number of carbonyl (C=O) groups excluding carboxylic acids is 1. The van der Waals surface area contributed by atoms with Crippen LogP contribution in [0.5, 0.6) is 11.5 Å². The average molecular weight is 481 g/mol. The summed E-state index contributed by atoms with van der Waals surface area (Å²) in [7, 11) is -3.69. The molecule has 0 saturated carbocycles. The van der Waals surface area contributed by atoms with E-state index in [-0.39, 0.29) is 23.9 Å². The van der Waals surface area contributed by atoms with Crippen LogP contribution >= 0.6 is 0 Å². The number of benzene rings is 2. The van der Waals surface area contributed by atoms with Crippen molar-refractivity contribution in [3.05, 3.63) is 72.6 Å². The fraction of sp³-hybridized carbons (Fsp3) is 0.250. The SMILES string of the molecule is O=C(/C=C/c1cnn(-c2ccccc2)c1)N1CCN(S(=O)(=O)c2ccc3c(c2)OCCO3)CC1. The maximum absolute atomic E-state index is 13.1. The van der Waals surface area contributed by atoms with Crippen LogP contribution in [-0.4, -0.2) is 72.7 Å². The van der Waals surface area contributed by atoms with Gasteiger partial charge in [0.1, 0.15) is 13.2 Å². The molecule has 0 unspecified atom stereocenters. The van der Waals surface area contributed by atoms with E-state index in [9.17, 15) is 13.2 Å². The molecule has 10 heteroatoms. The van der Waals surface area contributed by atoms with Crippen LogP contribution in [0.25, 0.3) is 11.8 Å². The van der Waals surface area contributed by atoms with Gasteiger partial charge in [-0.1, -0.05) is 18.2 Å². The van der Waals surface area contributed by atoms with Crippen LogP contribution in [0.1, 0.15) is 5.56 Å². The number of rotatable bonds is 5. The minimum Gasteiger partial charge on any atom is -0.486 e. The van der Waals surface area contributed by atoms with Crippen molar-refractivity contribution in [3.8, 4) is 17.2 Å². The van der Waals surface area contributed by atoms with Crippen molar-refractivity contribution in [2.45, 2.75) is 4.90 Å². The van der Waals surface area contributed by atoms with Crippen molar-refractivity contribution >= 4 is 22.0 Å². The number of amides is 1. The van der Waals surface area contributed by atoms with Crippen molar-refractivity contribution in [1.82, 2.24) is 19.0 Å². The Morgan fingerprint density at radius 1 is 0.941 bits per heavy atom. The molecule has 9 nitrogen and oxygen atoms in total. The lowest BCUT2D eigenvalue weighted by molar-refractivity contribution is -0.127. The number of carbonyl (C=O) groups is 1. The Balaban J connectivity index is 1.19. The first-order valence-electron chi connectivity index (χ1n) is 11.0. The maximum Gasteiger partial charge on any atom is 0.246 e. The van der Waals surface area contributed by atoms with E-state index in [1.807, 2.05) is 36.5 Å². The number of nitrogens with zero attached hydrogens (tertiary/aromatic N) is 4. The predicted octanol–water partition coefficient (Wildman–Crippen LogP) is 2.19. The summed E-state index contributed by atoms with van der Waals surface area (Å²) in [4.78, 5) is 14.5. The molecule has 1 saturated heterocycles. The molecule has 3 aromatic rings. The summed E-state index contributed by atoms with van der Waals surface area (Å²) in [5.41, 5.74) is 1.74. The summed E-state index contributed by atoms with van der Waals surface area (Å²) >= 11 is 0. The summed E-state index contributed by atoms with van der Waals surface area (Å²) in [6, 6.07) is 14.3. The lowest BCUT2D eigenvalue weighted by Gasteiger charge is -2.33. The van der Waals surface area contributed by atoms with Crippen molar-refractivity contribution in [1.29, 1.82) is 0 Å². The molecule has 5 rings (SSSR count). The molecule has 34 heavy (non-hydrogen) atoms. The van der Waals surface area contributed by atoms with Crippen LogP contribution in [-0.2, 0) is 14.8 Å². The molecule has 2 aliphatic heterocycles. The summed E-state index contributed by atoms with van der Waals surface area (Å²) in [6.45, 7) is 1.91. The minimum absolute atomic E-state index is 0.159. The van der Waals surface area contributed by atoms with E-state index in [2.05, 4.69) is 5.10 Å². The first-order valence-corrected chi connectivity index (χ1v) is 12.4. The number of aromatic nitrogens is 2. The Morgan fingerprint density at radius 2 is 1.68 bits per heavy atom. The number of fused-ring (bicyclic) bond motifs is 1. The number of para-hydroxylation sites is 1. The fourth-order valence-corrected chi connectivity index (χ4v) is 5.34. The van der Waals surface area contributed by atoms with Gasteiger partial charge in [0.15, 0.2) is 11.5 Å². The third-order valence-corrected chi connectivity index (χ3v) is 7.64. The van der Waals surface area contributed by atoms with E-state index in [1.54, 1.807) is 27.9 Å². The predicted molar refractivity (Wildman–Crippen MR) is 125 cm³/mol. The van der Waals surface area contributed by atoms with Crippen LogP contribution < -0.4 is 9.47 Å². The van der Waals surface area contributed by atoms with Gasteiger partial charge in [0.25, 0.3) is 0 Å². The number of hydrogen-bond acceptors (Lipinski definition) is 6. The standard InChI is InChI=1S/C24H24N4O5S/c29-24(9-6-19-17-25-28(18-19)20-4-2-1-3-5-20)26-10-12-27(13-11-26)34(30,31)21-7-8-22-23(16-21)33-15-14-32-22/h1-9,16-18H,10-15H2/b9-6+. The van der Waals surface area contributed by atoms with E-state index >= 15 is 0 Å². The topological polar surface area (TPSA) is 94.0 Å². The largest absolute Gasteiger partial charge is 0.486 e. The van der Waals surface area contributed by atoms with Gasteiger partial charge in [-0.2, -0.15) is 9.40 Å². The minimum atomic E-state index is -3.69. The Labute approximate surface area is 197 Å². The Hall–Kier alpha value is -3.63. The Bertz CT molecular complexity index is 1310. The molecule has 0 N–H and O–H groups in total. The van der Waals surface area contributed by atoms with E-state index in [1.165, 1.54) is 22.5 Å². The molecule has 0 spiro atoms. The first kappa shape index (κ1) is 22.2. The first-order chi connectivity index (χ1) is 16.5. The van der Waals surface area contributed by atoms with E-state index < -0.39 is 10.0 Å². The number of hydrogen-bond donors (Lipinski definition) is 0. The smallest absolute Gasteiger partial charge is 0.246 e. The number of piperazine rings is 1. The van der Waals surface area contributed by atoms with Gasteiger partial charge in [-0.3, -0.25) is 4.79 Å². The molecule has 176 valence electrons. The van der Waals surface area contributed by atoms with Crippen molar-refractivity contribution in [2.75, 3.05) is 39.4 Å². The highest BCUT2D eigenvalue weighted by Crippen LogP contribution is 2.33. The van der Waals surface area contributed by atoms with Crippen molar-refractivity contribution < 1.29 is 22.7 Å². The molecule has 2 aromatic carbocycles. The highest BCUT2D eigenvalue weighted by molar-refractivity contribution is 7.89. The van der Waals surface area contributed by atoms with Gasteiger partial charge in [-0.25, -0.2) is 13.1 Å². The summed E-state index contributed by atoms with van der Waals surface area (Å²) in [5, 5.41) is 4.32. The molecule has 3 heterocycles. The zero-order valence-corrected chi connectivity index (χ0v) is 19.2. The lowest BCUT2D eigenvalue weighted by atomic mass is 10.3. The third kappa shape index (κ3) is 4.55. The molecule has 0 aliphatic carbocycles. The van der Waals surface area contributed by atoms with Gasteiger partial charge >= 0.3 is 0 Å². The second-order valence-corrected chi connectivity index (χ2v) is 9.86. The van der Waals surface area contributed by atoms with Gasteiger partial charge in [-0.05, 0) is 30.3 Å². The highest BCUT2D eigenvalue weighted by atomic mass is 32.2. The van der Waals surface area contributed by atoms with E-state index in [4.69, 9.17) is 9.47 Å². The summed E-state index contributed by atoms with van der Waals surface area (Å²) in [6.07, 6.45) is 6.75. The van der Waals surface area contributed by atoms with Crippen LogP contribution in [0.2, 0.25) is 0 Å². The monoisotopic (exact) mass is 480 g/mol. The van der Waals surface area contributed by atoms with Gasteiger partial charge < -0.3 is 14.4 Å². The number of ether oxygens (including phenoxy) is 2. The maximum atomic E-state index is 13.1. The average Bonchev–Trinajstić information content (AvgIpc) is 3.37. The van der Waals surface area contributed by atoms with Crippen LogP contribution in [0.4, 0.5) is 0 Å². The van der Waals surface area contributed by atoms with E-state index in [0.717, 1.165) is 11.3 Å². The van der Waals surface area contributed by atoms with Gasteiger partial charge in [-0.15, -0.1) is 0 Å². The van der Waals surface area contributed by atoms with Gasteiger partial charge in [0.2, 0.25) is 15.9 Å². The van der Waals surface area contributed by atoms with Crippen molar-refractivity contribution in [2.24, 2.45) is 0 Å². The summed E-state index contributed by atoms with van der Waals surface area (Å²) < 4.78 is 40.3. The quantitative estimate of drug-likeness (QED) is 0.520. The second-order valence-electron chi connectivity index (χ2n) is 7.92. The third-order valence-electron chi connectivity index (χ3n) is 5.74. The molecule has 1 amide bonds.